The first kappa shape index (κ1) is 17.5. The zero-order chi connectivity index (χ0) is 17.3. The van der Waals surface area contributed by atoms with Crippen molar-refractivity contribution in [3.63, 3.8) is 0 Å². The number of aryl methyl sites for hydroxylation is 1. The second kappa shape index (κ2) is 6.88. The Morgan fingerprint density at radius 1 is 1.17 bits per heavy atom. The Morgan fingerprint density at radius 3 is 2.38 bits per heavy atom. The van der Waals surface area contributed by atoms with Gasteiger partial charge in [-0.3, -0.25) is 4.79 Å². The van der Waals surface area contributed by atoms with Gasteiger partial charge in [-0.2, -0.15) is 4.31 Å². The molecule has 1 aromatic rings. The van der Waals surface area contributed by atoms with Crippen LogP contribution < -0.4 is 0 Å². The third-order valence-corrected chi connectivity index (χ3v) is 6.58. The first-order valence-corrected chi connectivity index (χ1v) is 10.5. The summed E-state index contributed by atoms with van der Waals surface area (Å²) >= 11 is 0. The van der Waals surface area contributed by atoms with Gasteiger partial charge in [0.05, 0.1) is 12.5 Å². The number of hydrogen-bond acceptors (Lipinski definition) is 4. The van der Waals surface area contributed by atoms with Crippen molar-refractivity contribution >= 4 is 15.9 Å². The van der Waals surface area contributed by atoms with Crippen LogP contribution in [0.2, 0.25) is 0 Å². The molecule has 0 spiro atoms. The van der Waals surface area contributed by atoms with Gasteiger partial charge in [-0.15, -0.1) is 0 Å². The Bertz CT molecular complexity index is 693. The molecule has 7 heteroatoms. The fraction of sp³-hybridized carbons (Fsp3) is 0.706. The molecule has 1 aliphatic heterocycles. The topological polar surface area (TPSA) is 70.8 Å². The van der Waals surface area contributed by atoms with Crippen LogP contribution in [-0.2, 0) is 10.0 Å². The van der Waals surface area contributed by atoms with E-state index < -0.39 is 10.0 Å². The molecule has 1 saturated carbocycles. The quantitative estimate of drug-likeness (QED) is 0.832. The average molecular weight is 354 g/mol. The standard InChI is InChI=1S/C17H26N2O4S/c1-13-9-12-23-16(13)17(20)18-10-4-7-15(8-11-18)19(24(2,21)22)14-5-3-6-14/h9,12,14-15H,3-8,10-11H2,1-2H3. The summed E-state index contributed by atoms with van der Waals surface area (Å²) in [4.78, 5) is 14.4. The van der Waals surface area contributed by atoms with E-state index in [1.807, 2.05) is 6.92 Å². The van der Waals surface area contributed by atoms with E-state index in [2.05, 4.69) is 0 Å². The lowest BCUT2D eigenvalue weighted by molar-refractivity contribution is 0.0724. The van der Waals surface area contributed by atoms with Gasteiger partial charge < -0.3 is 9.32 Å². The number of hydrogen-bond donors (Lipinski definition) is 0. The Kier molecular flexibility index (Phi) is 5.01. The van der Waals surface area contributed by atoms with Crippen LogP contribution in [0.25, 0.3) is 0 Å². The predicted molar refractivity (Wildman–Crippen MR) is 91.3 cm³/mol. The number of furan rings is 1. The van der Waals surface area contributed by atoms with E-state index in [-0.39, 0.29) is 18.0 Å². The molecule has 3 rings (SSSR count). The minimum atomic E-state index is -3.22. The molecule has 0 aromatic carbocycles. The molecule has 1 aliphatic carbocycles. The number of likely N-dealkylation sites (tertiary alicyclic amines) is 1. The maximum atomic E-state index is 12.6. The number of rotatable bonds is 4. The van der Waals surface area contributed by atoms with Crippen LogP contribution >= 0.6 is 0 Å². The first-order valence-electron chi connectivity index (χ1n) is 8.70. The highest BCUT2D eigenvalue weighted by Gasteiger charge is 2.38. The molecule has 2 aliphatic rings. The highest BCUT2D eigenvalue weighted by Crippen LogP contribution is 2.32. The maximum absolute atomic E-state index is 12.6. The SMILES string of the molecule is Cc1ccoc1C(=O)N1CCCC(N(C2CCC2)S(C)(=O)=O)CC1. The van der Waals surface area contributed by atoms with E-state index in [9.17, 15) is 13.2 Å². The first-order chi connectivity index (χ1) is 11.4. The fourth-order valence-corrected chi connectivity index (χ4v) is 5.26. The fourth-order valence-electron chi connectivity index (χ4n) is 3.75. The lowest BCUT2D eigenvalue weighted by atomic mass is 9.91. The van der Waals surface area contributed by atoms with Crippen molar-refractivity contribution in [2.45, 2.75) is 57.5 Å². The Labute approximate surface area is 143 Å². The van der Waals surface area contributed by atoms with E-state index >= 15 is 0 Å². The van der Waals surface area contributed by atoms with Crippen LogP contribution in [0.3, 0.4) is 0 Å². The van der Waals surface area contributed by atoms with Gasteiger partial charge in [-0.25, -0.2) is 8.42 Å². The average Bonchev–Trinajstić information content (AvgIpc) is 2.75. The molecule has 134 valence electrons. The van der Waals surface area contributed by atoms with Crippen LogP contribution in [0.15, 0.2) is 16.7 Å². The number of nitrogens with zero attached hydrogens (tertiary/aromatic N) is 2. The highest BCUT2D eigenvalue weighted by atomic mass is 32.2. The summed E-state index contributed by atoms with van der Waals surface area (Å²) in [5.74, 6) is 0.306. The van der Waals surface area contributed by atoms with Crippen molar-refractivity contribution in [3.8, 4) is 0 Å². The van der Waals surface area contributed by atoms with Crippen LogP contribution in [0.5, 0.6) is 0 Å². The molecule has 1 saturated heterocycles. The summed E-state index contributed by atoms with van der Waals surface area (Å²) in [6.45, 7) is 3.08. The van der Waals surface area contributed by atoms with Crippen LogP contribution in [0, 0.1) is 6.92 Å². The second-order valence-corrected chi connectivity index (χ2v) is 8.87. The molecule has 1 amide bonds. The molecule has 2 fully saturated rings. The predicted octanol–water partition coefficient (Wildman–Crippen LogP) is 2.40. The van der Waals surface area contributed by atoms with Gasteiger partial charge in [0.1, 0.15) is 0 Å². The van der Waals surface area contributed by atoms with Crippen molar-refractivity contribution in [3.05, 3.63) is 23.7 Å². The van der Waals surface area contributed by atoms with E-state index in [1.165, 1.54) is 12.5 Å². The minimum absolute atomic E-state index is 0.000739. The molecule has 1 aromatic heterocycles. The molecule has 2 heterocycles. The number of sulfonamides is 1. The summed E-state index contributed by atoms with van der Waals surface area (Å²) in [5.41, 5.74) is 0.841. The van der Waals surface area contributed by atoms with E-state index in [0.29, 0.717) is 25.3 Å². The third-order valence-electron chi connectivity index (χ3n) is 5.22. The molecule has 0 bridgehead atoms. The molecular formula is C17H26N2O4S. The summed E-state index contributed by atoms with van der Waals surface area (Å²) in [5, 5.41) is 0. The van der Waals surface area contributed by atoms with E-state index in [4.69, 9.17) is 4.42 Å². The number of amides is 1. The largest absolute Gasteiger partial charge is 0.459 e. The molecule has 24 heavy (non-hydrogen) atoms. The van der Waals surface area contributed by atoms with Crippen LogP contribution in [0.4, 0.5) is 0 Å². The molecule has 1 atom stereocenters. The van der Waals surface area contributed by atoms with Gasteiger partial charge in [0, 0.05) is 30.7 Å². The summed E-state index contributed by atoms with van der Waals surface area (Å²) in [6, 6.07) is 1.94. The summed E-state index contributed by atoms with van der Waals surface area (Å²) in [7, 11) is -3.22. The smallest absolute Gasteiger partial charge is 0.289 e. The van der Waals surface area contributed by atoms with Crippen LogP contribution in [-0.4, -0.2) is 55.0 Å². The Morgan fingerprint density at radius 2 is 1.83 bits per heavy atom. The second-order valence-electron chi connectivity index (χ2n) is 6.99. The van der Waals surface area contributed by atoms with Crippen molar-refractivity contribution in [1.29, 1.82) is 0 Å². The Balaban J connectivity index is 1.70. The summed E-state index contributed by atoms with van der Waals surface area (Å²) < 4.78 is 31.5. The van der Waals surface area contributed by atoms with Crippen molar-refractivity contribution in [2.24, 2.45) is 0 Å². The van der Waals surface area contributed by atoms with Gasteiger partial charge >= 0.3 is 0 Å². The third kappa shape index (κ3) is 3.52. The monoisotopic (exact) mass is 354 g/mol. The zero-order valence-corrected chi connectivity index (χ0v) is 15.2. The van der Waals surface area contributed by atoms with Gasteiger partial charge in [0.15, 0.2) is 5.76 Å². The lowest BCUT2D eigenvalue weighted by Crippen LogP contribution is -2.50. The van der Waals surface area contributed by atoms with E-state index in [1.54, 1.807) is 15.3 Å². The normalized spacial score (nSPS) is 23.1. The highest BCUT2D eigenvalue weighted by molar-refractivity contribution is 7.88. The number of carbonyl (C=O) groups excluding carboxylic acids is 1. The van der Waals surface area contributed by atoms with Crippen molar-refractivity contribution < 1.29 is 17.6 Å². The van der Waals surface area contributed by atoms with Gasteiger partial charge in [-0.1, -0.05) is 6.42 Å². The number of carbonyl (C=O) groups is 1. The van der Waals surface area contributed by atoms with Crippen LogP contribution in [0.1, 0.15) is 54.6 Å². The molecule has 0 N–H and O–H groups in total. The molecule has 6 nitrogen and oxygen atoms in total. The molecular weight excluding hydrogens is 328 g/mol. The Hall–Kier alpha value is -1.34. The lowest BCUT2D eigenvalue weighted by Gasteiger charge is -2.40. The molecule has 1 unspecified atom stereocenters. The maximum Gasteiger partial charge on any atom is 0.289 e. The molecule has 0 radical (unpaired) electrons. The zero-order valence-electron chi connectivity index (χ0n) is 14.4. The van der Waals surface area contributed by atoms with Crippen molar-refractivity contribution in [1.82, 2.24) is 9.21 Å². The van der Waals surface area contributed by atoms with Crippen molar-refractivity contribution in [2.75, 3.05) is 19.3 Å². The van der Waals surface area contributed by atoms with E-state index in [0.717, 1.165) is 37.7 Å². The van der Waals surface area contributed by atoms with Gasteiger partial charge in [0.25, 0.3) is 5.91 Å². The van der Waals surface area contributed by atoms with Gasteiger partial charge in [0.2, 0.25) is 10.0 Å². The van der Waals surface area contributed by atoms with Gasteiger partial charge in [-0.05, 0) is 45.1 Å². The minimum Gasteiger partial charge on any atom is -0.459 e. The summed E-state index contributed by atoms with van der Waals surface area (Å²) in [6.07, 6.45) is 8.17.